The lowest BCUT2D eigenvalue weighted by Gasteiger charge is -2.31. The molecule has 25 heavy (non-hydrogen) atoms. The van der Waals surface area contributed by atoms with Crippen molar-refractivity contribution < 1.29 is 14.3 Å². The molecule has 1 aliphatic carbocycles. The Balaban J connectivity index is 0.00000225. The van der Waals surface area contributed by atoms with Crippen LogP contribution in [0.1, 0.15) is 44.1 Å². The van der Waals surface area contributed by atoms with E-state index in [1.54, 1.807) is 0 Å². The lowest BCUT2D eigenvalue weighted by atomic mass is 9.78. The molecule has 0 atom stereocenters. The standard InChI is InChI=1S/C19H28N2O3.ClH/c1-20-10-4-5-18(22)21-14-19(8-2-3-9-19)15-6-7-16-17(13-15)24-12-11-23-16;/h6-7,13,20H,2-5,8-12,14H2,1H3,(H,21,22);1H. The summed E-state index contributed by atoms with van der Waals surface area (Å²) in [5.41, 5.74) is 1.30. The molecular formula is C19H29ClN2O3. The highest BCUT2D eigenvalue weighted by molar-refractivity contribution is 5.85. The molecule has 0 unspecified atom stereocenters. The van der Waals surface area contributed by atoms with Gasteiger partial charge in [0.25, 0.3) is 0 Å². The molecule has 0 aromatic heterocycles. The number of amides is 1. The van der Waals surface area contributed by atoms with E-state index >= 15 is 0 Å². The first-order valence-electron chi connectivity index (χ1n) is 9.05. The second-order valence-electron chi connectivity index (χ2n) is 6.83. The number of halogens is 1. The van der Waals surface area contributed by atoms with Crippen molar-refractivity contribution in [2.45, 2.75) is 43.9 Å². The maximum absolute atomic E-state index is 12.1. The Kier molecular flexibility index (Phi) is 7.38. The Morgan fingerprint density at radius 1 is 1.16 bits per heavy atom. The molecule has 1 amide bonds. The number of benzene rings is 1. The molecule has 6 heteroatoms. The first kappa shape index (κ1) is 19.9. The molecule has 140 valence electrons. The van der Waals surface area contributed by atoms with Gasteiger partial charge in [0.15, 0.2) is 11.5 Å². The summed E-state index contributed by atoms with van der Waals surface area (Å²) >= 11 is 0. The molecule has 5 nitrogen and oxygen atoms in total. The highest BCUT2D eigenvalue weighted by atomic mass is 35.5. The van der Waals surface area contributed by atoms with Gasteiger partial charge in [0.2, 0.25) is 5.91 Å². The van der Waals surface area contributed by atoms with Crippen molar-refractivity contribution >= 4 is 18.3 Å². The smallest absolute Gasteiger partial charge is 0.220 e. The molecule has 1 fully saturated rings. The Morgan fingerprint density at radius 2 is 1.88 bits per heavy atom. The van der Waals surface area contributed by atoms with Gasteiger partial charge < -0.3 is 20.1 Å². The quantitative estimate of drug-likeness (QED) is 0.726. The number of carbonyl (C=O) groups excluding carboxylic acids is 1. The van der Waals surface area contributed by atoms with E-state index in [1.165, 1.54) is 18.4 Å². The molecular weight excluding hydrogens is 340 g/mol. The number of ether oxygens (including phenoxy) is 2. The minimum atomic E-state index is 0. The summed E-state index contributed by atoms with van der Waals surface area (Å²) < 4.78 is 11.4. The van der Waals surface area contributed by atoms with Gasteiger partial charge in [-0.25, -0.2) is 0 Å². The first-order valence-corrected chi connectivity index (χ1v) is 9.05. The zero-order chi connectivity index (χ0) is 16.8. The molecule has 2 N–H and O–H groups in total. The zero-order valence-electron chi connectivity index (χ0n) is 14.9. The molecule has 3 rings (SSSR count). The van der Waals surface area contributed by atoms with Crippen LogP contribution in [0.25, 0.3) is 0 Å². The zero-order valence-corrected chi connectivity index (χ0v) is 15.8. The highest BCUT2D eigenvalue weighted by Crippen LogP contribution is 2.43. The van der Waals surface area contributed by atoms with E-state index in [9.17, 15) is 4.79 Å². The van der Waals surface area contributed by atoms with E-state index in [4.69, 9.17) is 9.47 Å². The number of fused-ring (bicyclic) bond motifs is 1. The minimum Gasteiger partial charge on any atom is -0.486 e. The lowest BCUT2D eigenvalue weighted by Crippen LogP contribution is -2.39. The predicted octanol–water partition coefficient (Wildman–Crippen LogP) is 2.81. The fourth-order valence-corrected chi connectivity index (χ4v) is 3.77. The molecule has 0 saturated heterocycles. The Labute approximate surface area is 156 Å². The second kappa shape index (κ2) is 9.30. The largest absolute Gasteiger partial charge is 0.486 e. The maximum Gasteiger partial charge on any atom is 0.220 e. The minimum absolute atomic E-state index is 0. The van der Waals surface area contributed by atoms with Gasteiger partial charge in [0, 0.05) is 18.4 Å². The first-order chi connectivity index (χ1) is 11.7. The predicted molar refractivity (Wildman–Crippen MR) is 101 cm³/mol. The van der Waals surface area contributed by atoms with Crippen LogP contribution in [0, 0.1) is 0 Å². The Hall–Kier alpha value is -1.46. The van der Waals surface area contributed by atoms with Crippen LogP contribution in [0.5, 0.6) is 11.5 Å². The third-order valence-electron chi connectivity index (χ3n) is 5.17. The van der Waals surface area contributed by atoms with Gasteiger partial charge in [-0.2, -0.15) is 0 Å². The molecule has 1 aromatic carbocycles. The summed E-state index contributed by atoms with van der Waals surface area (Å²) in [6, 6.07) is 6.28. The number of rotatable bonds is 7. The average Bonchev–Trinajstić information content (AvgIpc) is 3.10. The van der Waals surface area contributed by atoms with Gasteiger partial charge in [-0.05, 0) is 50.6 Å². The topological polar surface area (TPSA) is 59.6 Å². The average molecular weight is 369 g/mol. The van der Waals surface area contributed by atoms with E-state index in [2.05, 4.69) is 22.8 Å². The third-order valence-corrected chi connectivity index (χ3v) is 5.17. The molecule has 0 spiro atoms. The van der Waals surface area contributed by atoms with Gasteiger partial charge in [0.05, 0.1) is 0 Å². The second-order valence-corrected chi connectivity index (χ2v) is 6.83. The molecule has 0 bridgehead atoms. The molecule has 2 aliphatic rings. The van der Waals surface area contributed by atoms with Crippen molar-refractivity contribution in [1.29, 1.82) is 0 Å². The van der Waals surface area contributed by atoms with Crippen LogP contribution >= 0.6 is 12.4 Å². The van der Waals surface area contributed by atoms with Crippen molar-refractivity contribution in [3.8, 4) is 11.5 Å². The molecule has 1 aliphatic heterocycles. The summed E-state index contributed by atoms with van der Waals surface area (Å²) in [6.07, 6.45) is 6.11. The van der Waals surface area contributed by atoms with E-state index < -0.39 is 0 Å². The van der Waals surface area contributed by atoms with Crippen molar-refractivity contribution in [1.82, 2.24) is 10.6 Å². The van der Waals surface area contributed by atoms with Crippen LogP contribution in [-0.2, 0) is 10.2 Å². The molecule has 1 aromatic rings. The van der Waals surface area contributed by atoms with Crippen LogP contribution in [0.2, 0.25) is 0 Å². The maximum atomic E-state index is 12.1. The lowest BCUT2D eigenvalue weighted by molar-refractivity contribution is -0.121. The molecule has 1 saturated carbocycles. The van der Waals surface area contributed by atoms with Crippen LogP contribution in [0.3, 0.4) is 0 Å². The van der Waals surface area contributed by atoms with Crippen molar-refractivity contribution in [2.24, 2.45) is 0 Å². The van der Waals surface area contributed by atoms with E-state index in [0.717, 1.165) is 37.3 Å². The molecule has 0 radical (unpaired) electrons. The number of carbonyl (C=O) groups is 1. The third kappa shape index (κ3) is 4.79. The fraction of sp³-hybridized carbons (Fsp3) is 0.632. The van der Waals surface area contributed by atoms with E-state index in [1.807, 2.05) is 13.1 Å². The Morgan fingerprint density at radius 3 is 2.60 bits per heavy atom. The Bertz CT molecular complexity index is 574. The number of hydrogen-bond donors (Lipinski definition) is 2. The van der Waals surface area contributed by atoms with Crippen molar-refractivity contribution in [2.75, 3.05) is 33.4 Å². The van der Waals surface area contributed by atoms with Gasteiger partial charge >= 0.3 is 0 Å². The van der Waals surface area contributed by atoms with Gasteiger partial charge in [0.1, 0.15) is 13.2 Å². The van der Waals surface area contributed by atoms with Gasteiger partial charge in [-0.1, -0.05) is 18.9 Å². The summed E-state index contributed by atoms with van der Waals surface area (Å²) in [6.45, 7) is 2.80. The number of hydrogen-bond acceptors (Lipinski definition) is 4. The fourth-order valence-electron chi connectivity index (χ4n) is 3.77. The van der Waals surface area contributed by atoms with Gasteiger partial charge in [-0.3, -0.25) is 4.79 Å². The summed E-state index contributed by atoms with van der Waals surface area (Å²) in [5.74, 6) is 1.81. The number of nitrogens with one attached hydrogen (secondary N) is 2. The van der Waals surface area contributed by atoms with Crippen LogP contribution < -0.4 is 20.1 Å². The summed E-state index contributed by atoms with van der Waals surface area (Å²) in [7, 11) is 1.91. The normalized spacial score (nSPS) is 17.6. The molecule has 1 heterocycles. The van der Waals surface area contributed by atoms with Crippen LogP contribution in [-0.4, -0.2) is 39.3 Å². The SMILES string of the molecule is CNCCCC(=O)NCC1(c2ccc3c(c2)OCCO3)CCCC1.Cl. The summed E-state index contributed by atoms with van der Waals surface area (Å²) in [5, 5.41) is 6.24. The summed E-state index contributed by atoms with van der Waals surface area (Å²) in [4.78, 5) is 12.1. The van der Waals surface area contributed by atoms with E-state index in [0.29, 0.717) is 26.2 Å². The highest BCUT2D eigenvalue weighted by Gasteiger charge is 2.36. The van der Waals surface area contributed by atoms with Gasteiger partial charge in [-0.15, -0.1) is 12.4 Å². The van der Waals surface area contributed by atoms with E-state index in [-0.39, 0.29) is 23.7 Å². The van der Waals surface area contributed by atoms with Crippen molar-refractivity contribution in [3.05, 3.63) is 23.8 Å². The van der Waals surface area contributed by atoms with Crippen LogP contribution in [0.4, 0.5) is 0 Å². The van der Waals surface area contributed by atoms with Crippen LogP contribution in [0.15, 0.2) is 18.2 Å². The monoisotopic (exact) mass is 368 g/mol. The van der Waals surface area contributed by atoms with Crippen molar-refractivity contribution in [3.63, 3.8) is 0 Å².